The van der Waals surface area contributed by atoms with Crippen LogP contribution in [0.25, 0.3) is 0 Å². The van der Waals surface area contributed by atoms with Crippen molar-refractivity contribution in [1.29, 1.82) is 0 Å². The average Bonchev–Trinajstić information content (AvgIpc) is 2.37. The summed E-state index contributed by atoms with van der Waals surface area (Å²) >= 11 is 0. The lowest BCUT2D eigenvalue weighted by molar-refractivity contribution is -0.385. The smallest absolute Gasteiger partial charge is 0.385 e. The largest absolute Gasteiger partial charge is 0.390 e. The summed E-state index contributed by atoms with van der Waals surface area (Å²) in [6.07, 6.45) is -5.59. The molecule has 0 radical (unpaired) electrons. The average molecular weight is 305 g/mol. The minimum absolute atomic E-state index is 0.277. The first kappa shape index (κ1) is 16.7. The SMILES string of the molecule is CCNc1ccc([N+](=O)[O-])c(C(=O)NCCC(F)(F)F)c1. The summed E-state index contributed by atoms with van der Waals surface area (Å²) in [6, 6.07) is 3.80. The van der Waals surface area contributed by atoms with Crippen LogP contribution in [0.15, 0.2) is 18.2 Å². The maximum atomic E-state index is 12.0. The van der Waals surface area contributed by atoms with E-state index in [1.54, 1.807) is 6.92 Å². The number of nitro groups is 1. The molecule has 1 aromatic rings. The first-order chi connectivity index (χ1) is 9.74. The number of anilines is 1. The number of amides is 1. The number of nitrogens with zero attached hydrogens (tertiary/aromatic N) is 1. The molecule has 0 bridgehead atoms. The van der Waals surface area contributed by atoms with Crippen LogP contribution in [0.5, 0.6) is 0 Å². The van der Waals surface area contributed by atoms with Crippen molar-refractivity contribution in [2.24, 2.45) is 0 Å². The van der Waals surface area contributed by atoms with E-state index >= 15 is 0 Å². The lowest BCUT2D eigenvalue weighted by Gasteiger charge is -2.10. The Balaban J connectivity index is 2.89. The van der Waals surface area contributed by atoms with Gasteiger partial charge in [-0.1, -0.05) is 0 Å². The number of halogens is 3. The van der Waals surface area contributed by atoms with E-state index in [4.69, 9.17) is 0 Å². The van der Waals surface area contributed by atoms with E-state index in [-0.39, 0.29) is 5.56 Å². The fourth-order valence-corrected chi connectivity index (χ4v) is 1.60. The molecule has 9 heteroatoms. The van der Waals surface area contributed by atoms with Crippen LogP contribution < -0.4 is 10.6 Å². The molecule has 0 saturated heterocycles. The lowest BCUT2D eigenvalue weighted by Crippen LogP contribution is -2.28. The summed E-state index contributed by atoms with van der Waals surface area (Å²) < 4.78 is 36.0. The zero-order valence-electron chi connectivity index (χ0n) is 11.2. The van der Waals surface area contributed by atoms with Crippen LogP contribution in [0.2, 0.25) is 0 Å². The van der Waals surface area contributed by atoms with Gasteiger partial charge in [-0.2, -0.15) is 13.2 Å². The molecule has 0 aliphatic rings. The number of carbonyl (C=O) groups excluding carboxylic acids is 1. The minimum atomic E-state index is -4.40. The summed E-state index contributed by atoms with van der Waals surface area (Å²) in [5, 5.41) is 15.7. The Bertz CT molecular complexity index is 532. The number of nitrogens with one attached hydrogen (secondary N) is 2. The number of hydrogen-bond acceptors (Lipinski definition) is 4. The van der Waals surface area contributed by atoms with Crippen LogP contribution in [-0.2, 0) is 0 Å². The predicted octanol–water partition coefficient (Wildman–Crippen LogP) is 2.71. The first-order valence-electron chi connectivity index (χ1n) is 6.12. The molecule has 0 aliphatic heterocycles. The molecule has 0 fully saturated rings. The maximum absolute atomic E-state index is 12.0. The first-order valence-corrected chi connectivity index (χ1v) is 6.12. The molecule has 6 nitrogen and oxygen atoms in total. The zero-order valence-corrected chi connectivity index (χ0v) is 11.2. The quantitative estimate of drug-likeness (QED) is 0.625. The number of carbonyl (C=O) groups is 1. The standard InChI is InChI=1S/C12H14F3N3O3/c1-2-16-8-3-4-10(18(20)21)9(7-8)11(19)17-6-5-12(13,14)15/h3-4,7,16H,2,5-6H2,1H3,(H,17,19). The van der Waals surface area contributed by atoms with Crippen LogP contribution >= 0.6 is 0 Å². The molecule has 0 spiro atoms. The van der Waals surface area contributed by atoms with Crippen molar-refractivity contribution >= 4 is 17.3 Å². The van der Waals surface area contributed by atoms with Crippen molar-refractivity contribution in [1.82, 2.24) is 5.32 Å². The summed E-state index contributed by atoms with van der Waals surface area (Å²) in [5.74, 6) is -0.911. The fourth-order valence-electron chi connectivity index (χ4n) is 1.60. The van der Waals surface area contributed by atoms with Crippen LogP contribution in [-0.4, -0.2) is 30.1 Å². The Kier molecular flexibility index (Phi) is 5.51. The van der Waals surface area contributed by atoms with Crippen molar-refractivity contribution in [2.75, 3.05) is 18.4 Å². The van der Waals surface area contributed by atoms with Gasteiger partial charge in [0, 0.05) is 24.8 Å². The number of alkyl halides is 3. The van der Waals surface area contributed by atoms with Gasteiger partial charge in [-0.05, 0) is 19.1 Å². The van der Waals surface area contributed by atoms with E-state index in [0.29, 0.717) is 12.2 Å². The Labute approximate surface area is 118 Å². The number of rotatable bonds is 6. The van der Waals surface area contributed by atoms with Crippen molar-refractivity contribution in [2.45, 2.75) is 19.5 Å². The third kappa shape index (κ3) is 5.28. The summed E-state index contributed by atoms with van der Waals surface area (Å²) in [4.78, 5) is 21.9. The highest BCUT2D eigenvalue weighted by atomic mass is 19.4. The molecule has 0 aliphatic carbocycles. The molecule has 0 atom stereocenters. The molecule has 0 heterocycles. The molecule has 0 saturated carbocycles. The van der Waals surface area contributed by atoms with Gasteiger partial charge >= 0.3 is 6.18 Å². The fraction of sp³-hybridized carbons (Fsp3) is 0.417. The highest BCUT2D eigenvalue weighted by Crippen LogP contribution is 2.23. The van der Waals surface area contributed by atoms with E-state index in [0.717, 1.165) is 6.07 Å². The van der Waals surface area contributed by atoms with Gasteiger partial charge in [0.05, 0.1) is 11.3 Å². The van der Waals surface area contributed by atoms with Gasteiger partial charge in [0.15, 0.2) is 0 Å². The summed E-state index contributed by atoms with van der Waals surface area (Å²) in [7, 11) is 0. The Hall–Kier alpha value is -2.32. The molecule has 1 amide bonds. The summed E-state index contributed by atoms with van der Waals surface area (Å²) in [5.41, 5.74) is -0.258. The number of nitro benzene ring substituents is 1. The monoisotopic (exact) mass is 305 g/mol. The molecule has 1 rings (SSSR count). The van der Waals surface area contributed by atoms with Crippen molar-refractivity contribution in [3.8, 4) is 0 Å². The van der Waals surface area contributed by atoms with Gasteiger partial charge < -0.3 is 10.6 Å². The lowest BCUT2D eigenvalue weighted by atomic mass is 10.1. The van der Waals surface area contributed by atoms with Crippen LogP contribution in [0.3, 0.4) is 0 Å². The minimum Gasteiger partial charge on any atom is -0.385 e. The third-order valence-corrected chi connectivity index (χ3v) is 2.51. The van der Waals surface area contributed by atoms with Crippen molar-refractivity contribution < 1.29 is 22.9 Å². The highest BCUT2D eigenvalue weighted by Gasteiger charge is 2.27. The molecule has 0 unspecified atom stereocenters. The second-order valence-corrected chi connectivity index (χ2v) is 4.14. The van der Waals surface area contributed by atoms with E-state index in [1.165, 1.54) is 12.1 Å². The Morgan fingerprint density at radius 2 is 2.05 bits per heavy atom. The third-order valence-electron chi connectivity index (χ3n) is 2.51. The number of benzene rings is 1. The van der Waals surface area contributed by atoms with Crippen LogP contribution in [0.1, 0.15) is 23.7 Å². The van der Waals surface area contributed by atoms with Gasteiger partial charge in [0.2, 0.25) is 0 Å². The normalized spacial score (nSPS) is 11.0. The number of hydrogen-bond donors (Lipinski definition) is 2. The maximum Gasteiger partial charge on any atom is 0.390 e. The molecule has 21 heavy (non-hydrogen) atoms. The van der Waals surface area contributed by atoms with Crippen LogP contribution in [0.4, 0.5) is 24.5 Å². The Morgan fingerprint density at radius 1 is 1.38 bits per heavy atom. The topological polar surface area (TPSA) is 84.3 Å². The van der Waals surface area contributed by atoms with Crippen molar-refractivity contribution in [3.05, 3.63) is 33.9 Å². The highest BCUT2D eigenvalue weighted by molar-refractivity contribution is 5.99. The van der Waals surface area contributed by atoms with Crippen LogP contribution in [0, 0.1) is 10.1 Å². The molecule has 2 N–H and O–H groups in total. The van der Waals surface area contributed by atoms with Gasteiger partial charge in [-0.25, -0.2) is 0 Å². The Morgan fingerprint density at radius 3 is 2.57 bits per heavy atom. The van der Waals surface area contributed by atoms with E-state index in [1.807, 2.05) is 5.32 Å². The molecule has 116 valence electrons. The molecular formula is C12H14F3N3O3. The van der Waals surface area contributed by atoms with E-state index in [9.17, 15) is 28.1 Å². The zero-order chi connectivity index (χ0) is 16.0. The van der Waals surface area contributed by atoms with Crippen molar-refractivity contribution in [3.63, 3.8) is 0 Å². The predicted molar refractivity (Wildman–Crippen MR) is 70.3 cm³/mol. The van der Waals surface area contributed by atoms with Gasteiger partial charge in [-0.15, -0.1) is 0 Å². The molecule has 0 aromatic heterocycles. The van der Waals surface area contributed by atoms with Gasteiger partial charge in [0.1, 0.15) is 5.56 Å². The molecular weight excluding hydrogens is 291 g/mol. The molecule has 1 aromatic carbocycles. The van der Waals surface area contributed by atoms with E-state index < -0.39 is 35.7 Å². The second kappa shape index (κ2) is 6.91. The van der Waals surface area contributed by atoms with Gasteiger partial charge in [-0.3, -0.25) is 14.9 Å². The van der Waals surface area contributed by atoms with E-state index in [2.05, 4.69) is 5.32 Å². The van der Waals surface area contributed by atoms with Gasteiger partial charge in [0.25, 0.3) is 11.6 Å². The second-order valence-electron chi connectivity index (χ2n) is 4.14. The summed E-state index contributed by atoms with van der Waals surface area (Å²) in [6.45, 7) is 1.70.